The number of pyridine rings is 1. The van der Waals surface area contributed by atoms with Crippen molar-refractivity contribution in [3.05, 3.63) is 94.1 Å². The molecule has 1 N–H and O–H groups in total. The normalized spacial score (nSPS) is 14.5. The molecule has 0 saturated carbocycles. The van der Waals surface area contributed by atoms with E-state index in [-0.39, 0.29) is 23.0 Å². The van der Waals surface area contributed by atoms with Crippen molar-refractivity contribution in [3.63, 3.8) is 0 Å². The minimum atomic E-state index is -4.37. The molecular weight excluding hydrogens is 570 g/mol. The standard InChI is InChI=1S/C16H22F3N3O2.C12H6F3NO2/c1-3-21(12-15-23-9-10-24-15)6-4-7-22-8-5-13(16(17,18)19)11-14(22)20-2;13-7-2-9(14)11(10(15)3-7)12(18)6-1-8(5-17)16-4-6/h4-5,7-8,11,15H,3,6,9-10,12H2,1-2H3;1-5,16H/b7-4+,20-14?;. The second-order valence-electron chi connectivity index (χ2n) is 8.85. The number of ether oxygens (including phenoxy) is 2. The minimum absolute atomic E-state index is 0.0819. The summed E-state index contributed by atoms with van der Waals surface area (Å²) in [6.07, 6.45) is 1.96. The van der Waals surface area contributed by atoms with Gasteiger partial charge in [0.1, 0.15) is 22.9 Å². The number of ketones is 1. The number of alkyl halides is 3. The molecule has 0 unspecified atom stereocenters. The molecule has 4 rings (SSSR count). The largest absolute Gasteiger partial charge is 0.416 e. The van der Waals surface area contributed by atoms with Gasteiger partial charge >= 0.3 is 6.18 Å². The number of hydrogen-bond donors (Lipinski definition) is 1. The number of likely N-dealkylation sites (N-methyl/N-ethyl adjacent to an activating group) is 1. The number of halogens is 6. The van der Waals surface area contributed by atoms with Gasteiger partial charge in [-0.2, -0.15) is 13.2 Å². The van der Waals surface area contributed by atoms with Crippen LogP contribution in [0.25, 0.3) is 6.20 Å². The first-order valence-corrected chi connectivity index (χ1v) is 12.6. The highest BCUT2D eigenvalue weighted by Crippen LogP contribution is 2.27. The van der Waals surface area contributed by atoms with Gasteiger partial charge in [0.25, 0.3) is 0 Å². The molecule has 0 radical (unpaired) electrons. The number of nitrogens with one attached hydrogen (secondary N) is 1. The average molecular weight is 599 g/mol. The number of rotatable bonds is 9. The number of aromatic amines is 1. The summed E-state index contributed by atoms with van der Waals surface area (Å²) in [5.41, 5.74) is -1.30. The van der Waals surface area contributed by atoms with Crippen LogP contribution in [0.4, 0.5) is 26.3 Å². The van der Waals surface area contributed by atoms with Crippen LogP contribution in [0.15, 0.2) is 53.8 Å². The summed E-state index contributed by atoms with van der Waals surface area (Å²) in [5.74, 6) is -4.64. The van der Waals surface area contributed by atoms with Crippen molar-refractivity contribution in [2.45, 2.75) is 19.4 Å². The van der Waals surface area contributed by atoms with Gasteiger partial charge in [-0.1, -0.05) is 13.0 Å². The van der Waals surface area contributed by atoms with Gasteiger partial charge in [-0.15, -0.1) is 0 Å². The quantitative estimate of drug-likeness (QED) is 0.220. The molecule has 3 aromatic rings. The van der Waals surface area contributed by atoms with E-state index in [2.05, 4.69) is 14.9 Å². The summed E-state index contributed by atoms with van der Waals surface area (Å²) in [6, 6.07) is 4.06. The maximum Gasteiger partial charge on any atom is 0.416 e. The second kappa shape index (κ2) is 14.8. The third-order valence-corrected chi connectivity index (χ3v) is 6.02. The predicted octanol–water partition coefficient (Wildman–Crippen LogP) is 4.68. The Morgan fingerprint density at radius 3 is 2.36 bits per heavy atom. The van der Waals surface area contributed by atoms with Crippen molar-refractivity contribution >= 4 is 18.3 Å². The molecule has 3 heterocycles. The lowest BCUT2D eigenvalue weighted by atomic mass is 10.0. The summed E-state index contributed by atoms with van der Waals surface area (Å²) < 4.78 is 90.0. The molecule has 0 spiro atoms. The van der Waals surface area contributed by atoms with Gasteiger partial charge in [0.2, 0.25) is 0 Å². The van der Waals surface area contributed by atoms with Crippen molar-refractivity contribution < 1.29 is 45.4 Å². The molecule has 2 aromatic heterocycles. The third kappa shape index (κ3) is 8.74. The van der Waals surface area contributed by atoms with Crippen LogP contribution in [-0.2, 0) is 15.7 Å². The lowest BCUT2D eigenvalue weighted by Crippen LogP contribution is -2.33. The van der Waals surface area contributed by atoms with E-state index in [9.17, 15) is 35.9 Å². The SMILES string of the molecule is CCN(C/C=C/n1ccc(C(F)(F)F)cc1=NC)CC1OCCO1.O=Cc1cc(C(=O)c2c(F)cc(F)cc2F)c[nH]1. The summed E-state index contributed by atoms with van der Waals surface area (Å²) in [5, 5.41) is 0. The van der Waals surface area contributed by atoms with Gasteiger partial charge in [-0.05, 0) is 24.7 Å². The van der Waals surface area contributed by atoms with Crippen LogP contribution in [0.2, 0.25) is 0 Å². The maximum absolute atomic E-state index is 13.4. The van der Waals surface area contributed by atoms with E-state index in [1.165, 1.54) is 13.2 Å². The van der Waals surface area contributed by atoms with Crippen LogP contribution < -0.4 is 5.49 Å². The second-order valence-corrected chi connectivity index (χ2v) is 8.85. The molecule has 1 saturated heterocycles. The summed E-state index contributed by atoms with van der Waals surface area (Å²) in [7, 11) is 1.47. The molecule has 1 aromatic carbocycles. The lowest BCUT2D eigenvalue weighted by molar-refractivity contribution is -0.137. The van der Waals surface area contributed by atoms with Crippen molar-refractivity contribution in [1.82, 2.24) is 14.5 Å². The van der Waals surface area contributed by atoms with Crippen molar-refractivity contribution in [2.75, 3.05) is 39.9 Å². The smallest absolute Gasteiger partial charge is 0.358 e. The van der Waals surface area contributed by atoms with Gasteiger partial charge in [-0.3, -0.25) is 19.5 Å². The topological polar surface area (TPSA) is 88.9 Å². The molecule has 0 atom stereocenters. The van der Waals surface area contributed by atoms with E-state index < -0.39 is 40.5 Å². The molecule has 14 heteroatoms. The first kappa shape index (κ1) is 32.5. The number of aldehydes is 1. The van der Waals surface area contributed by atoms with Crippen LogP contribution >= 0.6 is 0 Å². The van der Waals surface area contributed by atoms with E-state index in [4.69, 9.17) is 9.47 Å². The molecule has 42 heavy (non-hydrogen) atoms. The van der Waals surface area contributed by atoms with E-state index in [0.717, 1.165) is 30.9 Å². The zero-order valence-electron chi connectivity index (χ0n) is 22.6. The number of H-pyrrole nitrogens is 1. The average Bonchev–Trinajstić information content (AvgIpc) is 3.64. The lowest BCUT2D eigenvalue weighted by Gasteiger charge is -2.21. The Kier molecular flexibility index (Phi) is 11.4. The van der Waals surface area contributed by atoms with Crippen LogP contribution in [0.1, 0.15) is 38.9 Å². The first-order valence-electron chi connectivity index (χ1n) is 12.6. The molecular formula is C28H28F6N4O4. The van der Waals surface area contributed by atoms with Crippen molar-refractivity contribution in [1.29, 1.82) is 0 Å². The highest BCUT2D eigenvalue weighted by atomic mass is 19.4. The minimum Gasteiger partial charge on any atom is -0.358 e. The fraction of sp³-hybridized carbons (Fsp3) is 0.321. The van der Waals surface area contributed by atoms with E-state index in [0.29, 0.717) is 44.7 Å². The van der Waals surface area contributed by atoms with Gasteiger partial charge in [0, 0.05) is 56.4 Å². The van der Waals surface area contributed by atoms with Gasteiger partial charge in [0.05, 0.1) is 30.0 Å². The maximum atomic E-state index is 13.4. The molecule has 1 aliphatic heterocycles. The van der Waals surface area contributed by atoms with Gasteiger partial charge in [0.15, 0.2) is 18.4 Å². The van der Waals surface area contributed by atoms with Crippen LogP contribution in [0.3, 0.4) is 0 Å². The van der Waals surface area contributed by atoms with Crippen molar-refractivity contribution in [3.8, 4) is 0 Å². The van der Waals surface area contributed by atoms with E-state index >= 15 is 0 Å². The molecule has 226 valence electrons. The Labute approximate surface area is 236 Å². The Bertz CT molecular complexity index is 1450. The zero-order valence-corrected chi connectivity index (χ0v) is 22.6. The van der Waals surface area contributed by atoms with Crippen LogP contribution in [-0.4, -0.2) is 72.7 Å². The Morgan fingerprint density at radius 1 is 1.14 bits per heavy atom. The van der Waals surface area contributed by atoms with E-state index in [1.807, 2.05) is 13.0 Å². The van der Waals surface area contributed by atoms with Crippen LogP contribution in [0.5, 0.6) is 0 Å². The molecule has 1 fully saturated rings. The first-order chi connectivity index (χ1) is 20.0. The number of benzene rings is 1. The highest BCUT2D eigenvalue weighted by Gasteiger charge is 2.30. The van der Waals surface area contributed by atoms with Gasteiger partial charge in [-0.25, -0.2) is 13.2 Å². The number of hydrogen-bond acceptors (Lipinski definition) is 6. The third-order valence-electron chi connectivity index (χ3n) is 6.02. The number of nitrogens with zero attached hydrogens (tertiary/aromatic N) is 3. The van der Waals surface area contributed by atoms with Crippen molar-refractivity contribution in [2.24, 2.45) is 4.99 Å². The summed E-state index contributed by atoms with van der Waals surface area (Å²) >= 11 is 0. The monoisotopic (exact) mass is 598 g/mol. The number of carbonyl (C=O) groups excluding carboxylic acids is 2. The highest BCUT2D eigenvalue weighted by molar-refractivity contribution is 6.09. The number of carbonyl (C=O) groups is 2. The van der Waals surface area contributed by atoms with Crippen LogP contribution in [0, 0.1) is 17.5 Å². The summed E-state index contributed by atoms with van der Waals surface area (Å²) in [6.45, 7) is 5.36. The predicted molar refractivity (Wildman–Crippen MR) is 140 cm³/mol. The Hall–Kier alpha value is -4.01. The molecule has 0 aliphatic carbocycles. The fourth-order valence-electron chi connectivity index (χ4n) is 3.86. The molecule has 1 aliphatic rings. The number of aromatic nitrogens is 2. The fourth-order valence-corrected chi connectivity index (χ4v) is 3.86. The van der Waals surface area contributed by atoms with Gasteiger partial charge < -0.3 is 19.0 Å². The Morgan fingerprint density at radius 2 is 1.81 bits per heavy atom. The molecule has 8 nitrogen and oxygen atoms in total. The molecule has 0 bridgehead atoms. The molecule has 0 amide bonds. The zero-order chi connectivity index (χ0) is 30.9. The Balaban J connectivity index is 0.000000240. The summed E-state index contributed by atoms with van der Waals surface area (Å²) in [4.78, 5) is 30.7. The van der Waals surface area contributed by atoms with E-state index in [1.54, 1.807) is 10.8 Å².